The lowest BCUT2D eigenvalue weighted by molar-refractivity contribution is -0.116. The number of thioether (sulfide) groups is 1. The molecule has 0 saturated carbocycles. The number of aromatic nitrogens is 7. The molecule has 0 amide bonds. The first-order chi connectivity index (χ1) is 69.5. The molecule has 0 fully saturated rings. The van der Waals surface area contributed by atoms with Crippen molar-refractivity contribution in [3.63, 3.8) is 0 Å². The number of hydrogen-bond donors (Lipinski definition) is 12. The largest absolute Gasteiger partial charge is 0.489 e. The Hall–Kier alpha value is -9.25. The van der Waals surface area contributed by atoms with Gasteiger partial charge in [0.15, 0.2) is 5.78 Å². The van der Waals surface area contributed by atoms with E-state index in [1.807, 2.05) is 266 Å². The second-order valence-corrected chi connectivity index (χ2v) is 40.1. The first kappa shape index (κ1) is 124. The molecule has 15 rings (SSSR count). The molecule has 21 nitrogen and oxygen atoms in total. The van der Waals surface area contributed by atoms with Gasteiger partial charge in [-0.05, 0) is 168 Å². The summed E-state index contributed by atoms with van der Waals surface area (Å²) in [7, 11) is 3.99. The number of thiol groups is 10. The summed E-state index contributed by atoms with van der Waals surface area (Å²) in [6.07, 6.45) is 9.21. The average Bonchev–Trinajstić information content (AvgIpc) is 1.61. The third kappa shape index (κ3) is 45.4. The minimum atomic E-state index is 0.0168. The van der Waals surface area contributed by atoms with Crippen molar-refractivity contribution >= 4 is 279 Å². The first-order valence-electron chi connectivity index (χ1n) is 45.2. The van der Waals surface area contributed by atoms with E-state index in [0.29, 0.717) is 97.8 Å². The Balaban J connectivity index is 0.000000247. The summed E-state index contributed by atoms with van der Waals surface area (Å²) in [5.41, 5.74) is 18.7. The molecule has 0 unspecified atom stereocenters. The second kappa shape index (κ2) is 68.4. The summed E-state index contributed by atoms with van der Waals surface area (Å²) in [6.45, 7) is 10.6. The molecular weight excluding hydrogens is 2160 g/mol. The number of aromatic amines is 1. The maximum Gasteiger partial charge on any atom is 0.208 e. The zero-order valence-corrected chi connectivity index (χ0v) is 95.2. The number of Topliss-reactive ketones (excluding diaryl/α,β-unsaturated/α-hetero) is 10. The van der Waals surface area contributed by atoms with E-state index in [1.54, 1.807) is 47.2 Å². The molecule has 14 aromatic rings. The minimum absolute atomic E-state index is 0.0168. The third-order valence-corrected chi connectivity index (χ3v) is 27.7. The Bertz CT molecular complexity index is 6560. The quantitative estimate of drug-likeness (QED) is 0.00986. The topological polar surface area (TPSA) is 314 Å². The summed E-state index contributed by atoms with van der Waals surface area (Å²) >= 11 is 53.0. The molecular formula is C109H118BrClN8O13S13. The van der Waals surface area contributed by atoms with Crippen LogP contribution in [0.3, 0.4) is 0 Å². The molecule has 0 radical (unpaired) electrons. The highest BCUT2D eigenvalue weighted by Crippen LogP contribution is 2.37. The van der Waals surface area contributed by atoms with Crippen LogP contribution in [0.25, 0.3) is 32.1 Å². The van der Waals surface area contributed by atoms with Gasteiger partial charge in [-0.1, -0.05) is 203 Å². The van der Waals surface area contributed by atoms with Crippen molar-refractivity contribution in [2.24, 2.45) is 0 Å². The number of anilines is 1. The molecule has 145 heavy (non-hydrogen) atoms. The number of thiazole rings is 2. The number of nitrogens with one attached hydrogen (secondary N) is 1. The number of benzene rings is 9. The molecule has 0 saturated heterocycles. The van der Waals surface area contributed by atoms with E-state index in [9.17, 15) is 52.7 Å². The fraction of sp³-hybridized carbons (Fsp3) is 0.275. The number of pyridine rings is 2. The van der Waals surface area contributed by atoms with Crippen molar-refractivity contribution in [3.05, 3.63) is 345 Å². The molecule has 0 aliphatic heterocycles. The Morgan fingerprint density at radius 1 is 0.434 bits per heavy atom. The smallest absolute Gasteiger partial charge is 0.208 e. The lowest BCUT2D eigenvalue weighted by Crippen LogP contribution is -2.09. The molecule has 1 aliphatic rings. The predicted octanol–water partition coefficient (Wildman–Crippen LogP) is 21.4. The van der Waals surface area contributed by atoms with Crippen LogP contribution in [0.15, 0.2) is 240 Å². The van der Waals surface area contributed by atoms with Gasteiger partial charge in [-0.15, -0.1) is 27.8 Å². The van der Waals surface area contributed by atoms with Gasteiger partial charge in [0.2, 0.25) is 5.16 Å². The molecule has 1 aliphatic carbocycles. The number of para-hydroxylation sites is 2. The Morgan fingerprint density at radius 3 is 1.48 bits per heavy atom. The van der Waals surface area contributed by atoms with Gasteiger partial charge in [0, 0.05) is 160 Å². The van der Waals surface area contributed by atoms with E-state index in [2.05, 4.69) is 177 Å². The minimum Gasteiger partial charge on any atom is -0.489 e. The Labute approximate surface area is 928 Å². The van der Waals surface area contributed by atoms with E-state index in [-0.39, 0.29) is 117 Å². The van der Waals surface area contributed by atoms with E-state index in [0.717, 1.165) is 142 Å². The van der Waals surface area contributed by atoms with Crippen molar-refractivity contribution in [3.8, 4) is 16.9 Å². The predicted molar refractivity (Wildman–Crippen MR) is 630 cm³/mol. The highest BCUT2D eigenvalue weighted by Gasteiger charge is 2.27. The normalized spacial score (nSPS) is 10.5. The monoisotopic (exact) mass is 2280 g/mol. The van der Waals surface area contributed by atoms with Crippen molar-refractivity contribution in [1.29, 1.82) is 0 Å². The summed E-state index contributed by atoms with van der Waals surface area (Å²) in [5, 5.41) is 20.5. The zero-order chi connectivity index (χ0) is 106. The Morgan fingerprint density at radius 2 is 0.917 bits per heavy atom. The van der Waals surface area contributed by atoms with Gasteiger partial charge in [-0.3, -0.25) is 62.8 Å². The molecule has 764 valence electrons. The number of aryl methyl sites for hydroxylation is 5. The summed E-state index contributed by atoms with van der Waals surface area (Å²) in [4.78, 5) is 148. The number of fused-ring (bicyclic) bond motifs is 5. The molecule has 5 aromatic heterocycles. The number of halogens is 2. The molecule has 9 aromatic carbocycles. The van der Waals surface area contributed by atoms with E-state index >= 15 is 0 Å². The number of ether oxygens (including phenoxy) is 1. The molecule has 36 heteroatoms. The van der Waals surface area contributed by atoms with E-state index in [1.165, 1.54) is 16.6 Å². The number of ketones is 11. The fourth-order valence-corrected chi connectivity index (χ4v) is 17.7. The number of aliphatic hydroxyl groups is 1. The van der Waals surface area contributed by atoms with Crippen LogP contribution in [0.2, 0.25) is 5.15 Å². The van der Waals surface area contributed by atoms with Gasteiger partial charge in [0.05, 0.1) is 53.9 Å². The number of H-pyrrole nitrogens is 1. The molecule has 0 atom stereocenters. The van der Waals surface area contributed by atoms with Crippen LogP contribution in [0.4, 0.5) is 5.69 Å². The van der Waals surface area contributed by atoms with Crippen LogP contribution in [-0.2, 0) is 125 Å². The lowest BCUT2D eigenvalue weighted by Gasteiger charge is -2.12. The molecule has 5 heterocycles. The molecule has 2 N–H and O–H groups in total. The number of aliphatic hydroxyl groups excluding tert-OH is 1. The van der Waals surface area contributed by atoms with Gasteiger partial charge < -0.3 is 14.7 Å². The Kier molecular flexibility index (Phi) is 58.7. The van der Waals surface area contributed by atoms with Crippen LogP contribution in [0, 0.1) is 34.6 Å². The second-order valence-electron chi connectivity index (χ2n) is 32.4. The van der Waals surface area contributed by atoms with Gasteiger partial charge in [-0.2, -0.15) is 126 Å². The summed E-state index contributed by atoms with van der Waals surface area (Å²) in [5.74, 6) is 5.29. The SMILES string of the molecule is CN(C)c1ccc(CC(=O)CS)cc1.CSc1n[nH]c(CC(=O)CS)n1.Cc1cc(Br)cc(C)c1CC(=O)CS.Cc1cccc2sc(CC(=O)CS)nc12.Cc1nc(CC(=O)CS)sc1C.O=C(CS)Cc1ccc(Cl)nc1.O=C(CS)Cc1ccc2c(c1)-c1ccccc1C2=O.O=C(CS)Cc1cccc(CO)c1.O=C(CS)Cc1ccccc1OCc1ccccc1.O=C(CS)Cc1nccc2ccccc12. The van der Waals surface area contributed by atoms with Gasteiger partial charge in [-0.25, -0.2) is 19.9 Å². The van der Waals surface area contributed by atoms with Gasteiger partial charge in [0.25, 0.3) is 0 Å². The van der Waals surface area contributed by atoms with Crippen molar-refractivity contribution in [2.45, 2.75) is 117 Å². The van der Waals surface area contributed by atoms with Crippen molar-refractivity contribution in [1.82, 2.24) is 35.1 Å². The lowest BCUT2D eigenvalue weighted by atomic mass is 9.99. The van der Waals surface area contributed by atoms with E-state index < -0.39 is 0 Å². The van der Waals surface area contributed by atoms with Crippen LogP contribution >= 0.6 is 188 Å². The highest BCUT2D eigenvalue weighted by molar-refractivity contribution is 9.10. The number of hydrogen-bond acceptors (Lipinski definition) is 33. The average molecular weight is 2280 g/mol. The summed E-state index contributed by atoms with van der Waals surface area (Å²) < 4.78 is 8.01. The number of carbonyl (C=O) groups excluding carboxylic acids is 11. The highest BCUT2D eigenvalue weighted by atomic mass is 79.9. The maximum absolute atomic E-state index is 12.2. The number of rotatable bonds is 36. The molecule has 0 spiro atoms. The van der Waals surface area contributed by atoms with Crippen LogP contribution in [-0.4, -0.2) is 182 Å². The first-order valence-corrected chi connectivity index (χ1v) is 55.6. The molecule has 0 bridgehead atoms. The van der Waals surface area contributed by atoms with Crippen molar-refractivity contribution < 1.29 is 62.6 Å². The van der Waals surface area contributed by atoms with Crippen molar-refractivity contribution in [2.75, 3.05) is 82.8 Å². The maximum atomic E-state index is 12.2. The fourth-order valence-electron chi connectivity index (χ4n) is 13.4. The van der Waals surface area contributed by atoms with Crippen LogP contribution in [0.1, 0.15) is 109 Å². The number of carbonyl (C=O) groups is 11. The van der Waals surface area contributed by atoms with Gasteiger partial charge >= 0.3 is 0 Å². The van der Waals surface area contributed by atoms with Crippen LogP contribution in [0.5, 0.6) is 5.75 Å². The zero-order valence-electron chi connectivity index (χ0n) is 81.4. The summed E-state index contributed by atoms with van der Waals surface area (Å²) in [6, 6.07) is 69.7. The van der Waals surface area contributed by atoms with Crippen LogP contribution < -0.4 is 9.64 Å². The third-order valence-electron chi connectivity index (χ3n) is 20.8. The van der Waals surface area contributed by atoms with E-state index in [4.69, 9.17) is 21.4 Å². The standard InChI is InChI=1S/C16H12O2S.C16H16O2S.C12H11NOS.C11H13BrOS.C11H11NOS2.C11H15NOS.C10H12O2S.C8H8ClNOS.C8H11NOS2.C6H9N3OS2/c17-11(9-19)7-10-5-6-14-15(8-10)12-3-1-2-4-13(12)16(14)18;17-15(12-19)10-14-8-4-5-9-16(14)18-11-13-6-2-1-3-7-13;14-10(8-15)7-12-11-4-2-1-3-9(11)5-6-13-12;1-7-3-9(12)4-8(2)11(7)5-10(13)6-14;1-7-3-2-4-9-11(7)12-10(15-9)5-8(13)6-14;1-12(2)10-5-3-9(4-6-10)7-11(13)8-14;11-6-9-3-1-2-8(4-9)5-10(12)7-13;9-8-2-1-6(4-10-8)3-7(11)5-12;1-5-6(2)12-8(9-5)3-7(10)4-11;1-12-6-7-5(8-9-6)2-4(10)3-11/h1-6,8,19H,7,9H2;1-9,19H,10-12H2;1-6,15H,7-8H2;3-4,14H,5-6H2,1-2H3;2-4,14H,5-6H2,1H3;3-6,14H,7-8H2,1-2H3;1-4,11,13H,5-7H2;1-2,4,12H,3,5H2;11H,3-4H2,1-2H3;11H,2-3H2,1H3,(H,7,8,9). The number of nitrogens with zero attached hydrogens (tertiary/aromatic N) is 7. The van der Waals surface area contributed by atoms with Gasteiger partial charge in [0.1, 0.15) is 91.2 Å².